The van der Waals surface area contributed by atoms with Gasteiger partial charge in [-0.3, -0.25) is 0 Å². The molecule has 4 heteroatoms. The third-order valence-corrected chi connectivity index (χ3v) is 3.96. The Bertz CT molecular complexity index is 569. The highest BCUT2D eigenvalue weighted by atomic mass is 32.2. The lowest BCUT2D eigenvalue weighted by Crippen LogP contribution is -2.36. The number of hydrogen-bond donors (Lipinski definition) is 1. The van der Waals surface area contributed by atoms with E-state index in [1.807, 2.05) is 37.4 Å². The smallest absolute Gasteiger partial charge is 0.317 e. The van der Waals surface area contributed by atoms with E-state index in [4.69, 9.17) is 0 Å². The molecule has 110 valence electrons. The minimum Gasteiger partial charge on any atom is -0.334 e. The molecule has 0 spiro atoms. The number of urea groups is 1. The van der Waals surface area contributed by atoms with Crippen molar-refractivity contribution in [2.75, 3.05) is 13.3 Å². The van der Waals surface area contributed by atoms with E-state index in [0.29, 0.717) is 13.1 Å². The van der Waals surface area contributed by atoms with Crippen molar-refractivity contribution in [2.24, 2.45) is 0 Å². The van der Waals surface area contributed by atoms with Crippen molar-refractivity contribution >= 4 is 17.8 Å². The van der Waals surface area contributed by atoms with Crippen LogP contribution in [0.25, 0.3) is 0 Å². The number of hydrogen-bond acceptors (Lipinski definition) is 2. The van der Waals surface area contributed by atoms with Gasteiger partial charge in [-0.15, -0.1) is 11.8 Å². The second-order valence-corrected chi connectivity index (χ2v) is 5.73. The van der Waals surface area contributed by atoms with Gasteiger partial charge in [0.15, 0.2) is 0 Å². The monoisotopic (exact) mass is 300 g/mol. The molecule has 0 fully saturated rings. The normalized spacial score (nSPS) is 10.2. The lowest BCUT2D eigenvalue weighted by Gasteiger charge is -2.18. The van der Waals surface area contributed by atoms with Crippen LogP contribution in [0.1, 0.15) is 11.1 Å². The zero-order chi connectivity index (χ0) is 15.1. The number of nitrogens with zero attached hydrogens (tertiary/aromatic N) is 1. The molecule has 0 aliphatic rings. The highest BCUT2D eigenvalue weighted by Crippen LogP contribution is 2.15. The number of thioether (sulfide) groups is 1. The topological polar surface area (TPSA) is 32.3 Å². The maximum atomic E-state index is 12.1. The summed E-state index contributed by atoms with van der Waals surface area (Å²) in [6.07, 6.45) is 2.05. The zero-order valence-electron chi connectivity index (χ0n) is 12.4. The van der Waals surface area contributed by atoms with E-state index in [1.54, 1.807) is 16.7 Å². The van der Waals surface area contributed by atoms with E-state index in [2.05, 4.69) is 35.8 Å². The van der Waals surface area contributed by atoms with Crippen LogP contribution >= 0.6 is 11.8 Å². The molecule has 0 aliphatic carbocycles. The minimum atomic E-state index is -0.0622. The van der Waals surface area contributed by atoms with Crippen LogP contribution in [0.5, 0.6) is 0 Å². The first kappa shape index (κ1) is 15.4. The number of carbonyl (C=O) groups excluding carboxylic acids is 1. The largest absolute Gasteiger partial charge is 0.334 e. The fourth-order valence-electron chi connectivity index (χ4n) is 1.99. The molecule has 2 aromatic carbocycles. The van der Waals surface area contributed by atoms with Crippen LogP contribution < -0.4 is 5.32 Å². The van der Waals surface area contributed by atoms with Crippen molar-refractivity contribution in [1.82, 2.24) is 10.2 Å². The van der Waals surface area contributed by atoms with Crippen LogP contribution in [-0.2, 0) is 13.1 Å². The lowest BCUT2D eigenvalue weighted by atomic mass is 10.2. The molecular weight excluding hydrogens is 280 g/mol. The van der Waals surface area contributed by atoms with Crippen LogP contribution in [0.2, 0.25) is 0 Å². The summed E-state index contributed by atoms with van der Waals surface area (Å²) in [5.41, 5.74) is 2.23. The van der Waals surface area contributed by atoms with Crippen LogP contribution in [0.3, 0.4) is 0 Å². The van der Waals surface area contributed by atoms with Gasteiger partial charge in [0, 0.05) is 25.0 Å². The standard InChI is InChI=1S/C17H20N2OS/c1-19(13-15-8-10-16(21-2)11-9-15)17(20)18-12-14-6-4-3-5-7-14/h3-11H,12-13H2,1-2H3,(H,18,20). The number of carbonyl (C=O) groups is 1. The van der Waals surface area contributed by atoms with Gasteiger partial charge in [-0.1, -0.05) is 42.5 Å². The van der Waals surface area contributed by atoms with Crippen LogP contribution in [0.15, 0.2) is 59.5 Å². The number of rotatable bonds is 5. The predicted octanol–water partition coefficient (Wildman–Crippen LogP) is 3.75. The quantitative estimate of drug-likeness (QED) is 0.853. The molecule has 0 saturated heterocycles. The summed E-state index contributed by atoms with van der Waals surface area (Å²) in [5, 5.41) is 2.92. The summed E-state index contributed by atoms with van der Waals surface area (Å²) in [4.78, 5) is 15.0. The van der Waals surface area contributed by atoms with Crippen LogP contribution in [0, 0.1) is 0 Å². The summed E-state index contributed by atoms with van der Waals surface area (Å²) >= 11 is 1.72. The Morgan fingerprint density at radius 3 is 2.33 bits per heavy atom. The zero-order valence-corrected chi connectivity index (χ0v) is 13.2. The maximum absolute atomic E-state index is 12.1. The molecule has 2 aromatic rings. The summed E-state index contributed by atoms with van der Waals surface area (Å²) < 4.78 is 0. The highest BCUT2D eigenvalue weighted by Gasteiger charge is 2.08. The minimum absolute atomic E-state index is 0.0622. The van der Waals surface area contributed by atoms with Crippen molar-refractivity contribution < 1.29 is 4.79 Å². The Morgan fingerprint density at radius 1 is 1.05 bits per heavy atom. The first-order valence-corrected chi connectivity index (χ1v) is 8.07. The Balaban J connectivity index is 1.84. The molecule has 0 aliphatic heterocycles. The van der Waals surface area contributed by atoms with E-state index >= 15 is 0 Å². The molecule has 2 amide bonds. The van der Waals surface area contributed by atoms with Gasteiger partial charge in [0.1, 0.15) is 0 Å². The van der Waals surface area contributed by atoms with E-state index < -0.39 is 0 Å². The van der Waals surface area contributed by atoms with Crippen molar-refractivity contribution in [1.29, 1.82) is 0 Å². The summed E-state index contributed by atoms with van der Waals surface area (Å²) in [6.45, 7) is 1.16. The number of amides is 2. The Morgan fingerprint density at radius 2 is 1.71 bits per heavy atom. The molecule has 0 bridgehead atoms. The Kier molecular flexibility index (Phi) is 5.69. The average Bonchev–Trinajstić information content (AvgIpc) is 2.54. The number of nitrogens with one attached hydrogen (secondary N) is 1. The predicted molar refractivity (Wildman–Crippen MR) is 88.4 cm³/mol. The molecule has 2 rings (SSSR count). The van der Waals surface area contributed by atoms with Crippen molar-refractivity contribution in [3.8, 4) is 0 Å². The van der Waals surface area contributed by atoms with Gasteiger partial charge in [-0.05, 0) is 29.5 Å². The van der Waals surface area contributed by atoms with Gasteiger partial charge in [-0.25, -0.2) is 4.79 Å². The van der Waals surface area contributed by atoms with Gasteiger partial charge >= 0.3 is 6.03 Å². The van der Waals surface area contributed by atoms with E-state index in [0.717, 1.165) is 11.1 Å². The van der Waals surface area contributed by atoms with Gasteiger partial charge < -0.3 is 10.2 Å². The Hall–Kier alpha value is -1.94. The third kappa shape index (κ3) is 4.83. The number of benzene rings is 2. The first-order valence-electron chi connectivity index (χ1n) is 6.85. The second kappa shape index (κ2) is 7.74. The molecule has 0 aromatic heterocycles. The molecule has 3 nitrogen and oxygen atoms in total. The van der Waals surface area contributed by atoms with Gasteiger partial charge in [0.05, 0.1) is 0 Å². The van der Waals surface area contributed by atoms with E-state index in [1.165, 1.54) is 4.90 Å². The third-order valence-electron chi connectivity index (χ3n) is 3.21. The highest BCUT2D eigenvalue weighted by molar-refractivity contribution is 7.98. The molecule has 0 radical (unpaired) electrons. The lowest BCUT2D eigenvalue weighted by molar-refractivity contribution is 0.206. The molecule has 1 N–H and O–H groups in total. The molecule has 0 saturated carbocycles. The van der Waals surface area contributed by atoms with Gasteiger partial charge in [-0.2, -0.15) is 0 Å². The maximum Gasteiger partial charge on any atom is 0.317 e. The average molecular weight is 300 g/mol. The fraction of sp³-hybridized carbons (Fsp3) is 0.235. The fourth-order valence-corrected chi connectivity index (χ4v) is 2.39. The second-order valence-electron chi connectivity index (χ2n) is 4.85. The summed E-state index contributed by atoms with van der Waals surface area (Å²) in [7, 11) is 1.81. The molecule has 21 heavy (non-hydrogen) atoms. The van der Waals surface area contributed by atoms with Gasteiger partial charge in [0.25, 0.3) is 0 Å². The molecule has 0 atom stereocenters. The van der Waals surface area contributed by atoms with E-state index in [-0.39, 0.29) is 6.03 Å². The van der Waals surface area contributed by atoms with Gasteiger partial charge in [0.2, 0.25) is 0 Å². The Labute approximate surface area is 130 Å². The van der Waals surface area contributed by atoms with E-state index in [9.17, 15) is 4.79 Å². The first-order chi connectivity index (χ1) is 10.2. The SMILES string of the molecule is CSc1ccc(CN(C)C(=O)NCc2ccccc2)cc1. The molecule has 0 heterocycles. The summed E-state index contributed by atoms with van der Waals surface area (Å²) in [6, 6.07) is 18.1. The van der Waals surface area contributed by atoms with Crippen LogP contribution in [-0.4, -0.2) is 24.2 Å². The van der Waals surface area contributed by atoms with Crippen molar-refractivity contribution in [3.05, 3.63) is 65.7 Å². The molecule has 0 unspecified atom stereocenters. The van der Waals surface area contributed by atoms with Crippen molar-refractivity contribution in [2.45, 2.75) is 18.0 Å². The summed E-state index contributed by atoms with van der Waals surface area (Å²) in [5.74, 6) is 0. The van der Waals surface area contributed by atoms with Crippen LogP contribution in [0.4, 0.5) is 4.79 Å². The van der Waals surface area contributed by atoms with Crippen molar-refractivity contribution in [3.63, 3.8) is 0 Å². The molecular formula is C17H20N2OS.